The number of rotatable bonds is 6. The Morgan fingerprint density at radius 2 is 1.72 bits per heavy atom. The normalized spacial score (nSPS) is 19.7. The van der Waals surface area contributed by atoms with E-state index in [4.69, 9.17) is 0 Å². The van der Waals surface area contributed by atoms with E-state index in [1.807, 2.05) is 13.8 Å². The van der Waals surface area contributed by atoms with E-state index in [1.54, 1.807) is 13.8 Å². The van der Waals surface area contributed by atoms with Gasteiger partial charge in [-0.1, -0.05) is 44.9 Å². The van der Waals surface area contributed by atoms with Crippen molar-refractivity contribution in [3.05, 3.63) is 29.8 Å². The molecular formula is C19H24F3N2NaO6S. The van der Waals surface area contributed by atoms with Crippen LogP contribution >= 0.6 is 0 Å². The minimum Gasteiger partial charge on any atom is -0.846 e. The van der Waals surface area contributed by atoms with Gasteiger partial charge in [-0.05, 0) is 37.8 Å². The summed E-state index contributed by atoms with van der Waals surface area (Å²) in [5.74, 6) is -1.20. The van der Waals surface area contributed by atoms with Gasteiger partial charge in [0.25, 0.3) is 5.91 Å². The maximum atomic E-state index is 11.9. The van der Waals surface area contributed by atoms with Crippen molar-refractivity contribution in [2.24, 2.45) is 16.3 Å². The SMILES string of the molecule is CCCC(C)C1(CC)C(=O)N=C([O-])NC1=O.Cc1ccc(S(=O)(=O)OC(F)(F)F)cc1.[Na+]. The maximum absolute atomic E-state index is 11.9. The van der Waals surface area contributed by atoms with Crippen molar-refractivity contribution in [1.82, 2.24) is 5.32 Å². The molecule has 2 amide bonds. The first-order chi connectivity index (χ1) is 14.2. The molecule has 32 heavy (non-hydrogen) atoms. The van der Waals surface area contributed by atoms with E-state index in [0.717, 1.165) is 30.5 Å². The van der Waals surface area contributed by atoms with Crippen molar-refractivity contribution in [3.63, 3.8) is 0 Å². The van der Waals surface area contributed by atoms with Crippen LogP contribution in [0.15, 0.2) is 34.2 Å². The fourth-order valence-electron chi connectivity index (χ4n) is 3.18. The fraction of sp³-hybridized carbons (Fsp3) is 0.526. The Morgan fingerprint density at radius 1 is 1.19 bits per heavy atom. The second kappa shape index (κ2) is 12.1. The number of carbonyl (C=O) groups excluding carboxylic acids is 2. The number of aliphatic imine (C=N–C) groups is 1. The zero-order valence-electron chi connectivity index (χ0n) is 18.4. The number of nitrogens with one attached hydrogen (secondary N) is 1. The fourth-order valence-corrected chi connectivity index (χ4v) is 3.99. The van der Waals surface area contributed by atoms with Crippen LogP contribution in [-0.2, 0) is 23.9 Å². The van der Waals surface area contributed by atoms with Crippen molar-refractivity contribution in [3.8, 4) is 0 Å². The molecule has 1 aromatic rings. The molecule has 13 heteroatoms. The zero-order chi connectivity index (χ0) is 24.0. The van der Waals surface area contributed by atoms with Crippen LogP contribution in [0.3, 0.4) is 0 Å². The molecule has 0 bridgehead atoms. The van der Waals surface area contributed by atoms with Crippen molar-refractivity contribution < 1.29 is 70.0 Å². The molecule has 174 valence electrons. The van der Waals surface area contributed by atoms with Crippen LogP contribution in [0.2, 0.25) is 0 Å². The second-order valence-corrected chi connectivity index (χ2v) is 8.53. The first-order valence-electron chi connectivity index (χ1n) is 9.40. The molecule has 1 aliphatic rings. The summed E-state index contributed by atoms with van der Waals surface area (Å²) >= 11 is 0. The van der Waals surface area contributed by atoms with Crippen LogP contribution < -0.4 is 40.0 Å². The zero-order valence-corrected chi connectivity index (χ0v) is 21.3. The Bertz CT molecular complexity index is 935. The van der Waals surface area contributed by atoms with Gasteiger partial charge in [0.1, 0.15) is 5.41 Å². The molecule has 8 nitrogen and oxygen atoms in total. The number of hydrogen-bond donors (Lipinski definition) is 1. The van der Waals surface area contributed by atoms with Gasteiger partial charge in [0.2, 0.25) is 5.91 Å². The Balaban J connectivity index is 0.000000584. The third kappa shape index (κ3) is 7.84. The van der Waals surface area contributed by atoms with Gasteiger partial charge < -0.3 is 10.4 Å². The molecule has 2 atom stereocenters. The number of aryl methyl sites for hydroxylation is 1. The Hall–Kier alpha value is -1.47. The van der Waals surface area contributed by atoms with E-state index in [2.05, 4.69) is 14.5 Å². The van der Waals surface area contributed by atoms with Gasteiger partial charge in [0.15, 0.2) is 0 Å². The molecule has 0 spiro atoms. The van der Waals surface area contributed by atoms with Crippen molar-refractivity contribution >= 4 is 28.0 Å². The van der Waals surface area contributed by atoms with Crippen molar-refractivity contribution in [2.75, 3.05) is 0 Å². The van der Waals surface area contributed by atoms with Gasteiger partial charge in [-0.25, -0.2) is 4.99 Å². The van der Waals surface area contributed by atoms with Crippen LogP contribution in [0.4, 0.5) is 13.2 Å². The Kier molecular flexibility index (Phi) is 11.6. The number of amides is 2. The monoisotopic (exact) mass is 488 g/mol. The Morgan fingerprint density at radius 3 is 2.12 bits per heavy atom. The second-order valence-electron chi connectivity index (χ2n) is 6.99. The molecule has 2 rings (SSSR count). The average Bonchev–Trinajstić information content (AvgIpc) is 2.61. The molecular weight excluding hydrogens is 464 g/mol. The van der Waals surface area contributed by atoms with E-state index in [0.29, 0.717) is 6.42 Å². The number of benzene rings is 1. The van der Waals surface area contributed by atoms with Crippen LogP contribution in [0.25, 0.3) is 0 Å². The summed E-state index contributed by atoms with van der Waals surface area (Å²) in [6, 6.07) is 4.02. The van der Waals surface area contributed by atoms with Gasteiger partial charge in [-0.3, -0.25) is 9.59 Å². The van der Waals surface area contributed by atoms with Crippen LogP contribution in [0, 0.1) is 18.3 Å². The summed E-state index contributed by atoms with van der Waals surface area (Å²) in [6.07, 6.45) is -3.19. The number of halogens is 3. The number of hydrogen-bond acceptors (Lipinski definition) is 6. The smallest absolute Gasteiger partial charge is 0.846 e. The van der Waals surface area contributed by atoms with Crippen LogP contribution in [0.1, 0.15) is 45.6 Å². The summed E-state index contributed by atoms with van der Waals surface area (Å²) in [7, 11) is -4.76. The third-order valence-corrected chi connectivity index (χ3v) is 6.10. The van der Waals surface area contributed by atoms with E-state index < -0.39 is 44.6 Å². The van der Waals surface area contributed by atoms with E-state index >= 15 is 0 Å². The van der Waals surface area contributed by atoms with Crippen LogP contribution in [-0.4, -0.2) is 32.6 Å². The predicted octanol–water partition coefficient (Wildman–Crippen LogP) is -0.584. The van der Waals surface area contributed by atoms with Gasteiger partial charge in [0, 0.05) is 0 Å². The molecule has 1 aliphatic heterocycles. The molecule has 0 saturated carbocycles. The first kappa shape index (κ1) is 30.5. The van der Waals surface area contributed by atoms with Crippen molar-refractivity contribution in [1.29, 1.82) is 0 Å². The number of amidine groups is 1. The quantitative estimate of drug-likeness (QED) is 0.325. The van der Waals surface area contributed by atoms with Crippen molar-refractivity contribution in [2.45, 2.75) is 58.2 Å². The largest absolute Gasteiger partial charge is 1.00 e. The summed E-state index contributed by atoms with van der Waals surface area (Å²) in [5.41, 5.74) is -0.412. The van der Waals surface area contributed by atoms with Gasteiger partial charge in [0.05, 0.1) is 10.9 Å². The van der Waals surface area contributed by atoms with Crippen LogP contribution in [0.5, 0.6) is 0 Å². The summed E-state index contributed by atoms with van der Waals surface area (Å²) in [5, 5.41) is 13.1. The molecule has 0 aromatic heterocycles. The van der Waals surface area contributed by atoms with E-state index in [9.17, 15) is 36.3 Å². The molecule has 1 N–H and O–H groups in total. The minimum absolute atomic E-state index is 0. The molecule has 0 saturated heterocycles. The topological polar surface area (TPSA) is 125 Å². The number of carbonyl (C=O) groups is 2. The third-order valence-electron chi connectivity index (χ3n) is 4.84. The Labute approximate surface area is 207 Å². The molecule has 0 fully saturated rings. The molecule has 1 heterocycles. The summed E-state index contributed by atoms with van der Waals surface area (Å²) in [4.78, 5) is 26.5. The molecule has 0 radical (unpaired) electrons. The van der Waals surface area contributed by atoms with Gasteiger partial charge in [-0.15, -0.1) is 13.2 Å². The maximum Gasteiger partial charge on any atom is 1.00 e. The molecule has 2 unspecified atom stereocenters. The summed E-state index contributed by atoms with van der Waals surface area (Å²) < 4.78 is 60.2. The van der Waals surface area contributed by atoms with E-state index in [-0.39, 0.29) is 35.5 Å². The molecule has 0 aliphatic carbocycles. The van der Waals surface area contributed by atoms with Gasteiger partial charge >= 0.3 is 46.0 Å². The number of alkyl halides is 3. The first-order valence-corrected chi connectivity index (χ1v) is 10.8. The predicted molar refractivity (Wildman–Crippen MR) is 103 cm³/mol. The molecule has 1 aromatic carbocycles. The summed E-state index contributed by atoms with van der Waals surface area (Å²) in [6.45, 7) is 7.30. The van der Waals surface area contributed by atoms with Gasteiger partial charge in [-0.2, -0.15) is 12.6 Å². The average molecular weight is 488 g/mol. The number of nitrogens with zero attached hydrogens (tertiary/aromatic N) is 1. The standard InChI is InChI=1S/C11H18N2O3.C8H7F3O3S.Na/c1-4-6-7(3)11(5-2)8(14)12-10(16)13-9(11)15;1-6-2-4-7(5-3-6)15(12,13)14-8(9,10)11;/h7H,4-6H2,1-3H3,(H2,12,13,14,15,16);2-5H,1H3;/q;;+1/p-1. The van der Waals surface area contributed by atoms with E-state index in [1.165, 1.54) is 12.1 Å². The minimum atomic E-state index is -5.20.